The van der Waals surface area contributed by atoms with Crippen molar-refractivity contribution in [2.75, 3.05) is 27.2 Å². The summed E-state index contributed by atoms with van der Waals surface area (Å²) in [7, 11) is 4.43. The molecule has 5 rings (SSSR count). The molecular formula is C21H29N5O. The molecule has 3 aliphatic rings. The van der Waals surface area contributed by atoms with Gasteiger partial charge in [0.05, 0.1) is 5.52 Å². The number of hydrogen-bond donors (Lipinski definition) is 1. The number of likely N-dealkylation sites (tertiary alicyclic amines) is 1. The number of hydrogen-bond acceptors (Lipinski definition) is 4. The summed E-state index contributed by atoms with van der Waals surface area (Å²) in [6.07, 6.45) is 4.60. The maximum Gasteiger partial charge on any atom is 0.272 e. The average Bonchev–Trinajstić information content (AvgIpc) is 3.37. The lowest BCUT2D eigenvalue weighted by Gasteiger charge is -2.50. The van der Waals surface area contributed by atoms with E-state index in [4.69, 9.17) is 5.10 Å². The quantitative estimate of drug-likeness (QED) is 0.898. The minimum atomic E-state index is -0.0123. The smallest absolute Gasteiger partial charge is 0.272 e. The molecule has 1 aromatic carbocycles. The predicted octanol–water partition coefficient (Wildman–Crippen LogP) is 1.95. The van der Waals surface area contributed by atoms with E-state index < -0.39 is 0 Å². The van der Waals surface area contributed by atoms with E-state index in [9.17, 15) is 4.79 Å². The Labute approximate surface area is 160 Å². The molecule has 2 bridgehead atoms. The Kier molecular flexibility index (Phi) is 4.20. The van der Waals surface area contributed by atoms with Crippen LogP contribution in [0.1, 0.15) is 36.2 Å². The number of carbonyl (C=O) groups excluding carboxylic acids is 1. The lowest BCUT2D eigenvalue weighted by atomic mass is 9.88. The number of rotatable bonds is 4. The number of benzene rings is 1. The van der Waals surface area contributed by atoms with Crippen molar-refractivity contribution < 1.29 is 4.79 Å². The average molecular weight is 367 g/mol. The summed E-state index contributed by atoms with van der Waals surface area (Å²) in [4.78, 5) is 18.0. The molecule has 27 heavy (non-hydrogen) atoms. The van der Waals surface area contributed by atoms with E-state index >= 15 is 0 Å². The number of piperazine rings is 1. The molecule has 0 radical (unpaired) electrons. The lowest BCUT2D eigenvalue weighted by Crippen LogP contribution is -2.63. The zero-order valence-electron chi connectivity index (χ0n) is 16.3. The van der Waals surface area contributed by atoms with Crippen LogP contribution in [0.25, 0.3) is 10.9 Å². The Bertz CT molecular complexity index is 841. The monoisotopic (exact) mass is 367 g/mol. The van der Waals surface area contributed by atoms with Crippen LogP contribution >= 0.6 is 0 Å². The van der Waals surface area contributed by atoms with Gasteiger partial charge in [0.2, 0.25) is 0 Å². The SMILES string of the molecule is CN1C[C@H]2C[C@@H](NC(=O)c3nn(CC4CC4)c4ccccc34)C[C@@H](C1)N2C. The van der Waals surface area contributed by atoms with Crippen molar-refractivity contribution in [3.8, 4) is 0 Å². The Morgan fingerprint density at radius 3 is 2.56 bits per heavy atom. The van der Waals surface area contributed by atoms with Crippen molar-refractivity contribution in [3.63, 3.8) is 0 Å². The molecule has 6 nitrogen and oxygen atoms in total. The van der Waals surface area contributed by atoms with Crippen LogP contribution in [-0.4, -0.2) is 70.8 Å². The highest BCUT2D eigenvalue weighted by Gasteiger charge is 2.38. The summed E-state index contributed by atoms with van der Waals surface area (Å²) in [5.41, 5.74) is 1.67. The van der Waals surface area contributed by atoms with Gasteiger partial charge in [-0.1, -0.05) is 18.2 Å². The van der Waals surface area contributed by atoms with Crippen LogP contribution in [0, 0.1) is 5.92 Å². The van der Waals surface area contributed by atoms with Gasteiger partial charge in [-0.15, -0.1) is 0 Å². The summed E-state index contributed by atoms with van der Waals surface area (Å²) in [6.45, 7) is 3.09. The molecule has 6 heteroatoms. The normalized spacial score (nSPS) is 29.2. The largest absolute Gasteiger partial charge is 0.348 e. The molecule has 3 atom stereocenters. The number of amides is 1. The molecule has 0 unspecified atom stereocenters. The minimum absolute atomic E-state index is 0.0123. The number of aromatic nitrogens is 2. The van der Waals surface area contributed by atoms with E-state index in [-0.39, 0.29) is 11.9 Å². The summed E-state index contributed by atoms with van der Waals surface area (Å²) < 4.78 is 2.04. The fourth-order valence-electron chi connectivity index (χ4n) is 4.94. The third-order valence-electron chi connectivity index (χ3n) is 6.65. The topological polar surface area (TPSA) is 53.4 Å². The third kappa shape index (κ3) is 3.25. The van der Waals surface area contributed by atoms with Crippen molar-refractivity contribution in [1.82, 2.24) is 24.9 Å². The second-order valence-electron chi connectivity index (χ2n) is 8.83. The minimum Gasteiger partial charge on any atom is -0.348 e. The standard InChI is InChI=1S/C21H29N5O/c1-24-12-16-9-15(10-17(13-24)25(16)2)22-21(27)20-18-5-3-4-6-19(18)26(23-20)11-14-7-8-14/h3-6,14-17H,7-13H2,1-2H3,(H,22,27)/t15-,16-,17+. The Hall–Kier alpha value is -1.92. The van der Waals surface area contributed by atoms with Crippen LogP contribution in [0.15, 0.2) is 24.3 Å². The molecule has 2 aromatic rings. The molecule has 2 aliphatic heterocycles. The van der Waals surface area contributed by atoms with Crippen molar-refractivity contribution in [2.24, 2.45) is 5.92 Å². The van der Waals surface area contributed by atoms with Gasteiger partial charge in [0.15, 0.2) is 5.69 Å². The molecule has 1 amide bonds. The summed E-state index contributed by atoms with van der Waals surface area (Å²) >= 11 is 0. The van der Waals surface area contributed by atoms with Crippen LogP contribution in [0.2, 0.25) is 0 Å². The number of nitrogens with zero attached hydrogens (tertiary/aromatic N) is 4. The number of nitrogens with one attached hydrogen (secondary N) is 1. The first-order chi connectivity index (χ1) is 13.1. The third-order valence-corrected chi connectivity index (χ3v) is 6.65. The maximum atomic E-state index is 13.1. The van der Waals surface area contributed by atoms with E-state index in [0.29, 0.717) is 17.8 Å². The first kappa shape index (κ1) is 17.2. The Morgan fingerprint density at radius 1 is 1.15 bits per heavy atom. The van der Waals surface area contributed by atoms with Gasteiger partial charge in [-0.2, -0.15) is 5.10 Å². The van der Waals surface area contributed by atoms with E-state index in [0.717, 1.165) is 49.3 Å². The molecule has 3 heterocycles. The van der Waals surface area contributed by atoms with Gasteiger partial charge < -0.3 is 10.2 Å². The molecule has 2 saturated heterocycles. The first-order valence-corrected chi connectivity index (χ1v) is 10.3. The molecule has 1 saturated carbocycles. The van der Waals surface area contributed by atoms with Gasteiger partial charge in [-0.25, -0.2) is 0 Å². The molecule has 3 fully saturated rings. The fourth-order valence-corrected chi connectivity index (χ4v) is 4.94. The number of carbonyl (C=O) groups is 1. The van der Waals surface area contributed by atoms with Gasteiger partial charge in [-0.05, 0) is 51.8 Å². The van der Waals surface area contributed by atoms with Crippen LogP contribution < -0.4 is 5.32 Å². The summed E-state index contributed by atoms with van der Waals surface area (Å²) in [5, 5.41) is 9.01. The molecule has 1 aliphatic carbocycles. The number of fused-ring (bicyclic) bond motifs is 3. The number of para-hydroxylation sites is 1. The highest BCUT2D eigenvalue weighted by molar-refractivity contribution is 6.05. The van der Waals surface area contributed by atoms with Crippen LogP contribution in [0.4, 0.5) is 0 Å². The highest BCUT2D eigenvalue weighted by atomic mass is 16.2. The van der Waals surface area contributed by atoms with Crippen molar-refractivity contribution in [2.45, 2.75) is 50.4 Å². The van der Waals surface area contributed by atoms with Crippen molar-refractivity contribution >= 4 is 16.8 Å². The zero-order valence-corrected chi connectivity index (χ0v) is 16.3. The molecular weight excluding hydrogens is 338 g/mol. The van der Waals surface area contributed by atoms with Gasteiger partial charge in [0.1, 0.15) is 0 Å². The van der Waals surface area contributed by atoms with Gasteiger partial charge in [0.25, 0.3) is 5.91 Å². The molecule has 1 aromatic heterocycles. The van der Waals surface area contributed by atoms with Crippen LogP contribution in [0.3, 0.4) is 0 Å². The van der Waals surface area contributed by atoms with Crippen molar-refractivity contribution in [1.29, 1.82) is 0 Å². The summed E-state index contributed by atoms with van der Waals surface area (Å²) in [5.74, 6) is 0.719. The zero-order chi connectivity index (χ0) is 18.5. The van der Waals surface area contributed by atoms with E-state index in [2.05, 4.69) is 35.3 Å². The summed E-state index contributed by atoms with van der Waals surface area (Å²) in [6, 6.07) is 9.43. The fraction of sp³-hybridized carbons (Fsp3) is 0.619. The predicted molar refractivity (Wildman–Crippen MR) is 106 cm³/mol. The second-order valence-corrected chi connectivity index (χ2v) is 8.83. The van der Waals surface area contributed by atoms with E-state index in [1.54, 1.807) is 0 Å². The van der Waals surface area contributed by atoms with Crippen LogP contribution in [0.5, 0.6) is 0 Å². The number of piperidine rings is 1. The first-order valence-electron chi connectivity index (χ1n) is 10.3. The number of likely N-dealkylation sites (N-methyl/N-ethyl adjacent to an activating group) is 2. The Morgan fingerprint density at radius 2 is 1.85 bits per heavy atom. The van der Waals surface area contributed by atoms with Crippen molar-refractivity contribution in [3.05, 3.63) is 30.0 Å². The van der Waals surface area contributed by atoms with Gasteiger partial charge >= 0.3 is 0 Å². The van der Waals surface area contributed by atoms with Gasteiger partial charge in [0, 0.05) is 43.1 Å². The Balaban J connectivity index is 1.35. The maximum absolute atomic E-state index is 13.1. The van der Waals surface area contributed by atoms with Gasteiger partial charge in [-0.3, -0.25) is 14.4 Å². The van der Waals surface area contributed by atoms with E-state index in [1.165, 1.54) is 12.8 Å². The van der Waals surface area contributed by atoms with Crippen LogP contribution in [-0.2, 0) is 6.54 Å². The molecule has 1 N–H and O–H groups in total. The lowest BCUT2D eigenvalue weighted by molar-refractivity contribution is 0.00837. The molecule has 144 valence electrons. The van der Waals surface area contributed by atoms with E-state index in [1.807, 2.05) is 22.9 Å². The second kappa shape index (κ2) is 6.60. The highest BCUT2D eigenvalue weighted by Crippen LogP contribution is 2.32. The molecule has 0 spiro atoms.